The second kappa shape index (κ2) is 5.33. The fourth-order valence-electron chi connectivity index (χ4n) is 2.54. The largest absolute Gasteiger partial charge is 0.343 e. The molecule has 0 spiro atoms. The van der Waals surface area contributed by atoms with Gasteiger partial charge in [0.15, 0.2) is 0 Å². The van der Waals surface area contributed by atoms with Gasteiger partial charge in [0.2, 0.25) is 5.91 Å². The third-order valence-electron chi connectivity index (χ3n) is 3.60. The van der Waals surface area contributed by atoms with E-state index >= 15 is 0 Å². The minimum Gasteiger partial charge on any atom is -0.343 e. The van der Waals surface area contributed by atoms with Crippen LogP contribution in [0, 0.1) is 5.92 Å². The maximum absolute atomic E-state index is 12.3. The Labute approximate surface area is 106 Å². The highest BCUT2D eigenvalue weighted by Gasteiger charge is 2.28. The van der Waals surface area contributed by atoms with Crippen molar-refractivity contribution in [3.63, 3.8) is 0 Å². The van der Waals surface area contributed by atoms with E-state index in [0.717, 1.165) is 37.2 Å². The SMILES string of the molecule is CCN(CC)C(=O)[C@H]1CCc2n[nH]c(=O)cc2C1. The zero-order chi connectivity index (χ0) is 13.1. The highest BCUT2D eigenvalue weighted by atomic mass is 16.2. The van der Waals surface area contributed by atoms with Crippen molar-refractivity contribution < 1.29 is 4.79 Å². The van der Waals surface area contributed by atoms with Crippen molar-refractivity contribution in [2.75, 3.05) is 13.1 Å². The number of aryl methyl sites for hydroxylation is 1. The van der Waals surface area contributed by atoms with Crippen molar-refractivity contribution in [2.45, 2.75) is 33.1 Å². The number of hydrogen-bond acceptors (Lipinski definition) is 3. The first kappa shape index (κ1) is 12.8. The number of aromatic nitrogens is 2. The topological polar surface area (TPSA) is 66.1 Å². The van der Waals surface area contributed by atoms with Gasteiger partial charge in [-0.1, -0.05) is 0 Å². The molecular formula is C13H19N3O2. The molecule has 1 amide bonds. The van der Waals surface area contributed by atoms with Crippen molar-refractivity contribution in [1.82, 2.24) is 15.1 Å². The van der Waals surface area contributed by atoms with Crippen LogP contribution in [0.3, 0.4) is 0 Å². The Bertz CT molecular complexity index is 491. The van der Waals surface area contributed by atoms with E-state index in [9.17, 15) is 9.59 Å². The van der Waals surface area contributed by atoms with Crippen LogP contribution in [0.2, 0.25) is 0 Å². The molecule has 0 bridgehead atoms. The van der Waals surface area contributed by atoms with Gasteiger partial charge in [0.25, 0.3) is 5.56 Å². The van der Waals surface area contributed by atoms with Crippen molar-refractivity contribution in [1.29, 1.82) is 0 Å². The normalized spacial score (nSPS) is 18.2. The lowest BCUT2D eigenvalue weighted by molar-refractivity contribution is -0.135. The van der Waals surface area contributed by atoms with Crippen LogP contribution >= 0.6 is 0 Å². The molecule has 5 nitrogen and oxygen atoms in total. The van der Waals surface area contributed by atoms with Crippen LogP contribution in [0.15, 0.2) is 10.9 Å². The van der Waals surface area contributed by atoms with Crippen LogP contribution in [-0.4, -0.2) is 34.1 Å². The van der Waals surface area contributed by atoms with Gasteiger partial charge in [-0.3, -0.25) is 9.59 Å². The van der Waals surface area contributed by atoms with E-state index in [1.165, 1.54) is 0 Å². The molecule has 1 aromatic heterocycles. The average Bonchev–Trinajstić information content (AvgIpc) is 2.39. The molecule has 5 heteroatoms. The van der Waals surface area contributed by atoms with Crippen molar-refractivity contribution in [3.8, 4) is 0 Å². The first-order valence-corrected chi connectivity index (χ1v) is 6.52. The van der Waals surface area contributed by atoms with Crippen LogP contribution in [0.5, 0.6) is 0 Å². The fraction of sp³-hybridized carbons (Fsp3) is 0.615. The van der Waals surface area contributed by atoms with Crippen LogP contribution in [0.1, 0.15) is 31.5 Å². The molecule has 1 aliphatic carbocycles. The summed E-state index contributed by atoms with van der Waals surface area (Å²) in [5.41, 5.74) is 1.67. The van der Waals surface area contributed by atoms with Crippen LogP contribution in [0.4, 0.5) is 0 Å². The Morgan fingerprint density at radius 3 is 2.89 bits per heavy atom. The average molecular weight is 249 g/mol. The van der Waals surface area contributed by atoms with E-state index in [-0.39, 0.29) is 17.4 Å². The number of aromatic amines is 1. The van der Waals surface area contributed by atoms with Crippen LogP contribution in [0.25, 0.3) is 0 Å². The number of amides is 1. The summed E-state index contributed by atoms with van der Waals surface area (Å²) in [5, 5.41) is 6.48. The van der Waals surface area contributed by atoms with Crippen LogP contribution < -0.4 is 5.56 Å². The quantitative estimate of drug-likeness (QED) is 0.859. The van der Waals surface area contributed by atoms with Crippen molar-refractivity contribution >= 4 is 5.91 Å². The molecule has 0 saturated carbocycles. The molecule has 1 heterocycles. The molecule has 1 aromatic rings. The summed E-state index contributed by atoms with van der Waals surface area (Å²) in [6.45, 7) is 5.47. The highest BCUT2D eigenvalue weighted by molar-refractivity contribution is 5.79. The summed E-state index contributed by atoms with van der Waals surface area (Å²) in [6, 6.07) is 1.57. The zero-order valence-electron chi connectivity index (χ0n) is 10.9. The van der Waals surface area contributed by atoms with Gasteiger partial charge in [-0.2, -0.15) is 5.10 Å². The molecule has 0 aromatic carbocycles. The smallest absolute Gasteiger partial charge is 0.264 e. The first-order valence-electron chi connectivity index (χ1n) is 6.52. The van der Waals surface area contributed by atoms with E-state index in [2.05, 4.69) is 10.2 Å². The molecule has 1 N–H and O–H groups in total. The molecule has 1 atom stereocenters. The molecule has 2 rings (SSSR count). The fourth-order valence-corrected chi connectivity index (χ4v) is 2.54. The van der Waals surface area contributed by atoms with Gasteiger partial charge in [0.05, 0.1) is 5.69 Å². The Morgan fingerprint density at radius 2 is 2.22 bits per heavy atom. The lowest BCUT2D eigenvalue weighted by Crippen LogP contribution is -2.38. The van der Waals surface area contributed by atoms with E-state index in [1.54, 1.807) is 6.07 Å². The monoisotopic (exact) mass is 249 g/mol. The molecule has 98 valence electrons. The molecule has 0 aliphatic heterocycles. The molecule has 0 fully saturated rings. The predicted molar refractivity (Wildman–Crippen MR) is 68.3 cm³/mol. The number of carbonyl (C=O) groups excluding carboxylic acids is 1. The molecule has 0 radical (unpaired) electrons. The Balaban J connectivity index is 2.16. The van der Waals surface area contributed by atoms with Gasteiger partial charge < -0.3 is 4.90 Å². The van der Waals surface area contributed by atoms with E-state index in [1.807, 2.05) is 18.7 Å². The summed E-state index contributed by atoms with van der Waals surface area (Å²) in [5.74, 6) is 0.201. The molecule has 18 heavy (non-hydrogen) atoms. The number of fused-ring (bicyclic) bond motifs is 1. The molecular weight excluding hydrogens is 230 g/mol. The summed E-state index contributed by atoms with van der Waals surface area (Å²) in [6.07, 6.45) is 2.23. The van der Waals surface area contributed by atoms with Gasteiger partial charge in [-0.05, 0) is 38.7 Å². The number of hydrogen-bond donors (Lipinski definition) is 1. The van der Waals surface area contributed by atoms with E-state index < -0.39 is 0 Å². The lowest BCUT2D eigenvalue weighted by atomic mass is 9.86. The Morgan fingerprint density at radius 1 is 1.50 bits per heavy atom. The minimum atomic E-state index is -0.190. The predicted octanol–water partition coefficient (Wildman–Crippen LogP) is 0.743. The number of nitrogens with one attached hydrogen (secondary N) is 1. The Hall–Kier alpha value is -1.65. The summed E-state index contributed by atoms with van der Waals surface area (Å²) in [4.78, 5) is 25.4. The first-order chi connectivity index (χ1) is 8.65. The second-order valence-electron chi connectivity index (χ2n) is 4.65. The van der Waals surface area contributed by atoms with Gasteiger partial charge in [-0.15, -0.1) is 0 Å². The maximum Gasteiger partial charge on any atom is 0.264 e. The van der Waals surface area contributed by atoms with Gasteiger partial charge in [-0.25, -0.2) is 5.10 Å². The minimum absolute atomic E-state index is 0.000926. The van der Waals surface area contributed by atoms with Gasteiger partial charge >= 0.3 is 0 Å². The number of H-pyrrole nitrogens is 1. The molecule has 0 saturated heterocycles. The number of nitrogens with zero attached hydrogens (tertiary/aromatic N) is 2. The van der Waals surface area contributed by atoms with Gasteiger partial charge in [0, 0.05) is 25.1 Å². The third-order valence-corrected chi connectivity index (χ3v) is 3.60. The lowest BCUT2D eigenvalue weighted by Gasteiger charge is -2.28. The third kappa shape index (κ3) is 2.44. The Kier molecular flexibility index (Phi) is 3.79. The summed E-state index contributed by atoms with van der Waals surface area (Å²) >= 11 is 0. The zero-order valence-corrected chi connectivity index (χ0v) is 10.9. The van der Waals surface area contributed by atoms with Crippen LogP contribution in [-0.2, 0) is 17.6 Å². The van der Waals surface area contributed by atoms with E-state index in [4.69, 9.17) is 0 Å². The second-order valence-corrected chi connectivity index (χ2v) is 4.65. The number of rotatable bonds is 3. The van der Waals surface area contributed by atoms with Crippen molar-refractivity contribution in [2.24, 2.45) is 5.92 Å². The van der Waals surface area contributed by atoms with E-state index in [0.29, 0.717) is 6.42 Å². The summed E-state index contributed by atoms with van der Waals surface area (Å²) < 4.78 is 0. The molecule has 1 aliphatic rings. The summed E-state index contributed by atoms with van der Waals surface area (Å²) in [7, 11) is 0. The number of carbonyl (C=O) groups is 1. The maximum atomic E-state index is 12.3. The standard InChI is InChI=1S/C13H19N3O2/c1-3-16(4-2)13(18)9-5-6-11-10(7-9)8-12(17)15-14-11/h8-9H,3-7H2,1-2H3,(H,15,17)/t9-/m0/s1. The van der Waals surface area contributed by atoms with Gasteiger partial charge in [0.1, 0.15) is 0 Å². The van der Waals surface area contributed by atoms with Crippen molar-refractivity contribution in [3.05, 3.63) is 27.7 Å². The highest BCUT2D eigenvalue weighted by Crippen LogP contribution is 2.24. The molecule has 0 unspecified atom stereocenters.